The number of hydrogen-bond donors (Lipinski definition) is 2. The maximum Gasteiger partial charge on any atom is 0.191 e. The number of nitriles is 1. The quantitative estimate of drug-likeness (QED) is 0.656. The largest absolute Gasteiger partial charge is 0.383 e. The van der Waals surface area contributed by atoms with Gasteiger partial charge in [0.25, 0.3) is 0 Å². The minimum Gasteiger partial charge on any atom is -0.383 e. The number of nitrogens with two attached hydrogens (primary N) is 1. The fraction of sp³-hybridized carbons (Fsp3) is 0.154. The molecule has 0 fully saturated rings. The summed E-state index contributed by atoms with van der Waals surface area (Å²) in [6.07, 6.45) is 2.31. The average Bonchev–Trinajstić information content (AvgIpc) is 2.40. The van der Waals surface area contributed by atoms with Crippen LogP contribution in [0.5, 0.6) is 0 Å². The molecular formula is C13H13N5S. The van der Waals surface area contributed by atoms with E-state index in [0.717, 1.165) is 11.3 Å². The summed E-state index contributed by atoms with van der Waals surface area (Å²) in [4.78, 5) is 8.40. The van der Waals surface area contributed by atoms with Crippen molar-refractivity contribution in [1.82, 2.24) is 9.97 Å². The maximum absolute atomic E-state index is 8.61. The van der Waals surface area contributed by atoms with E-state index in [0.29, 0.717) is 23.2 Å². The number of benzene rings is 1. The first-order valence-electron chi connectivity index (χ1n) is 5.62. The highest BCUT2D eigenvalue weighted by Crippen LogP contribution is 2.19. The Morgan fingerprint density at radius 2 is 2.05 bits per heavy atom. The second kappa shape index (κ2) is 6.07. The van der Waals surface area contributed by atoms with Crippen molar-refractivity contribution in [1.29, 1.82) is 5.26 Å². The van der Waals surface area contributed by atoms with E-state index in [9.17, 15) is 0 Å². The average molecular weight is 271 g/mol. The first-order valence-corrected chi connectivity index (χ1v) is 6.85. The van der Waals surface area contributed by atoms with Gasteiger partial charge in [-0.15, -0.1) is 0 Å². The van der Waals surface area contributed by atoms with E-state index in [1.165, 1.54) is 11.8 Å². The van der Waals surface area contributed by atoms with Crippen LogP contribution in [-0.2, 0) is 6.42 Å². The number of aromatic nitrogens is 2. The van der Waals surface area contributed by atoms with E-state index in [1.807, 2.05) is 30.5 Å². The first kappa shape index (κ1) is 13.2. The third-order valence-corrected chi connectivity index (χ3v) is 2.97. The molecule has 0 aliphatic heterocycles. The number of nitrogens with one attached hydrogen (secondary N) is 1. The van der Waals surface area contributed by atoms with Crippen LogP contribution in [0.25, 0.3) is 0 Å². The fourth-order valence-electron chi connectivity index (χ4n) is 1.54. The minimum atomic E-state index is 0.414. The lowest BCUT2D eigenvalue weighted by Crippen LogP contribution is -2.00. The van der Waals surface area contributed by atoms with Crippen molar-refractivity contribution in [2.75, 3.05) is 17.3 Å². The first-order chi connectivity index (χ1) is 9.21. The van der Waals surface area contributed by atoms with Gasteiger partial charge >= 0.3 is 0 Å². The molecule has 3 N–H and O–H groups in total. The van der Waals surface area contributed by atoms with Crippen molar-refractivity contribution in [2.24, 2.45) is 0 Å². The van der Waals surface area contributed by atoms with E-state index >= 15 is 0 Å². The molecule has 0 saturated heterocycles. The van der Waals surface area contributed by atoms with Gasteiger partial charge in [0.1, 0.15) is 11.6 Å². The Labute approximate surface area is 115 Å². The summed E-state index contributed by atoms with van der Waals surface area (Å²) in [5.41, 5.74) is 7.59. The number of hydrogen-bond acceptors (Lipinski definition) is 6. The van der Waals surface area contributed by atoms with Crippen molar-refractivity contribution in [2.45, 2.75) is 11.6 Å². The standard InChI is InChI=1S/C13H13N5S/c1-19-13-17-11(15)8-12(18-13)16-10-4-2-9(3-5-10)6-7-14/h2-5,8H,6H2,1H3,(H3,15,16,17,18). The van der Waals surface area contributed by atoms with Crippen LogP contribution in [-0.4, -0.2) is 16.2 Å². The molecule has 0 aliphatic carbocycles. The Balaban J connectivity index is 2.16. The van der Waals surface area contributed by atoms with E-state index in [-0.39, 0.29) is 0 Å². The van der Waals surface area contributed by atoms with Gasteiger partial charge in [0, 0.05) is 11.8 Å². The molecule has 0 amide bonds. The summed E-state index contributed by atoms with van der Waals surface area (Å²) in [6.45, 7) is 0. The fourth-order valence-corrected chi connectivity index (χ4v) is 1.93. The number of rotatable bonds is 4. The number of nitrogens with zero attached hydrogens (tertiary/aromatic N) is 3. The predicted molar refractivity (Wildman–Crippen MR) is 77.3 cm³/mol. The summed E-state index contributed by atoms with van der Waals surface area (Å²) in [5.74, 6) is 1.09. The van der Waals surface area contributed by atoms with Gasteiger partial charge in [-0.2, -0.15) is 5.26 Å². The molecular weight excluding hydrogens is 258 g/mol. The van der Waals surface area contributed by atoms with Gasteiger partial charge < -0.3 is 11.1 Å². The molecule has 19 heavy (non-hydrogen) atoms. The minimum absolute atomic E-state index is 0.414. The molecule has 5 nitrogen and oxygen atoms in total. The third-order valence-electron chi connectivity index (χ3n) is 2.42. The van der Waals surface area contributed by atoms with E-state index in [1.54, 1.807) is 6.07 Å². The lowest BCUT2D eigenvalue weighted by Gasteiger charge is -2.07. The highest BCUT2D eigenvalue weighted by atomic mass is 32.2. The second-order valence-corrected chi connectivity index (χ2v) is 4.59. The third kappa shape index (κ3) is 3.60. The molecule has 0 spiro atoms. The zero-order chi connectivity index (χ0) is 13.7. The van der Waals surface area contributed by atoms with Gasteiger partial charge in [-0.05, 0) is 24.0 Å². The van der Waals surface area contributed by atoms with Crippen LogP contribution in [0.2, 0.25) is 0 Å². The smallest absolute Gasteiger partial charge is 0.191 e. The zero-order valence-electron chi connectivity index (χ0n) is 10.4. The molecule has 0 unspecified atom stereocenters. The molecule has 96 valence electrons. The molecule has 0 bridgehead atoms. The highest BCUT2D eigenvalue weighted by molar-refractivity contribution is 7.98. The Morgan fingerprint density at radius 1 is 1.32 bits per heavy atom. The van der Waals surface area contributed by atoms with E-state index < -0.39 is 0 Å². The van der Waals surface area contributed by atoms with Crippen molar-refractivity contribution >= 4 is 29.1 Å². The molecule has 0 radical (unpaired) electrons. The Morgan fingerprint density at radius 3 is 2.68 bits per heavy atom. The molecule has 2 aromatic rings. The molecule has 0 saturated carbocycles. The lowest BCUT2D eigenvalue weighted by molar-refractivity contribution is 0.984. The van der Waals surface area contributed by atoms with Crippen LogP contribution in [0.3, 0.4) is 0 Å². The summed E-state index contributed by atoms with van der Waals surface area (Å²) in [6, 6.07) is 11.4. The van der Waals surface area contributed by atoms with E-state index in [4.69, 9.17) is 11.0 Å². The van der Waals surface area contributed by atoms with Gasteiger partial charge in [-0.3, -0.25) is 0 Å². The topological polar surface area (TPSA) is 87.6 Å². The Hall–Kier alpha value is -2.26. The van der Waals surface area contributed by atoms with Crippen molar-refractivity contribution in [3.8, 4) is 6.07 Å². The summed E-state index contributed by atoms with van der Waals surface area (Å²) >= 11 is 1.44. The van der Waals surface area contributed by atoms with Crippen LogP contribution in [0.1, 0.15) is 5.56 Å². The predicted octanol–water partition coefficient (Wildman–Crippen LogP) is 2.59. The summed E-state index contributed by atoms with van der Waals surface area (Å²) in [5, 5.41) is 12.4. The lowest BCUT2D eigenvalue weighted by atomic mass is 10.1. The number of nitrogen functional groups attached to an aromatic ring is 1. The summed E-state index contributed by atoms with van der Waals surface area (Å²) < 4.78 is 0. The van der Waals surface area contributed by atoms with Crippen molar-refractivity contribution in [3.63, 3.8) is 0 Å². The van der Waals surface area contributed by atoms with Crippen LogP contribution in [0, 0.1) is 11.3 Å². The van der Waals surface area contributed by atoms with Crippen molar-refractivity contribution in [3.05, 3.63) is 35.9 Å². The van der Waals surface area contributed by atoms with Gasteiger partial charge in [-0.1, -0.05) is 23.9 Å². The molecule has 2 rings (SSSR count). The Kier molecular flexibility index (Phi) is 4.21. The molecule has 1 heterocycles. The van der Waals surface area contributed by atoms with Gasteiger partial charge in [-0.25, -0.2) is 9.97 Å². The molecule has 0 aliphatic rings. The zero-order valence-corrected chi connectivity index (χ0v) is 11.2. The SMILES string of the molecule is CSc1nc(N)cc(Nc2ccc(CC#N)cc2)n1. The molecule has 1 aromatic heterocycles. The monoisotopic (exact) mass is 271 g/mol. The number of anilines is 3. The number of thioether (sulfide) groups is 1. The van der Waals surface area contributed by atoms with Crippen LogP contribution >= 0.6 is 11.8 Å². The van der Waals surface area contributed by atoms with Crippen LogP contribution in [0.15, 0.2) is 35.5 Å². The molecule has 0 atom stereocenters. The van der Waals surface area contributed by atoms with Crippen molar-refractivity contribution < 1.29 is 0 Å². The van der Waals surface area contributed by atoms with Crippen LogP contribution in [0.4, 0.5) is 17.3 Å². The van der Waals surface area contributed by atoms with E-state index in [2.05, 4.69) is 21.4 Å². The highest BCUT2D eigenvalue weighted by Gasteiger charge is 2.02. The van der Waals surface area contributed by atoms with Gasteiger partial charge in [0.05, 0.1) is 12.5 Å². The van der Waals surface area contributed by atoms with Gasteiger partial charge in [0.2, 0.25) is 0 Å². The van der Waals surface area contributed by atoms with Crippen LogP contribution < -0.4 is 11.1 Å². The molecule has 6 heteroatoms. The summed E-state index contributed by atoms with van der Waals surface area (Å²) in [7, 11) is 0. The maximum atomic E-state index is 8.61. The molecule has 1 aromatic carbocycles. The second-order valence-electron chi connectivity index (χ2n) is 3.82. The van der Waals surface area contributed by atoms with Gasteiger partial charge in [0.15, 0.2) is 5.16 Å². The Bertz CT molecular complexity index is 603. The normalized spacial score (nSPS) is 9.89.